The van der Waals surface area contributed by atoms with Gasteiger partial charge in [-0.2, -0.15) is 4.73 Å². The van der Waals surface area contributed by atoms with Gasteiger partial charge in [0, 0.05) is 23.0 Å². The van der Waals surface area contributed by atoms with E-state index in [1.54, 1.807) is 6.07 Å². The zero-order valence-electron chi connectivity index (χ0n) is 16.1. The van der Waals surface area contributed by atoms with Gasteiger partial charge >= 0.3 is 0 Å². The summed E-state index contributed by atoms with van der Waals surface area (Å²) >= 11 is 0. The number of amides is 1. The first-order valence-corrected chi connectivity index (χ1v) is 9.20. The molecule has 1 amide bonds. The van der Waals surface area contributed by atoms with Crippen molar-refractivity contribution in [2.75, 3.05) is 13.7 Å². The SMILES string of the molecule is COn1c(C(=O)NCCc2c(C)[nH]c3c(F)ccc(C)c23)cc2ccccc21. The molecule has 0 atom stereocenters. The number of fused-ring (bicyclic) bond motifs is 2. The van der Waals surface area contributed by atoms with E-state index in [0.29, 0.717) is 24.2 Å². The van der Waals surface area contributed by atoms with Crippen molar-refractivity contribution in [3.8, 4) is 0 Å². The zero-order chi connectivity index (χ0) is 19.8. The molecule has 144 valence electrons. The second-order valence-corrected chi connectivity index (χ2v) is 6.91. The van der Waals surface area contributed by atoms with E-state index in [1.165, 1.54) is 17.9 Å². The van der Waals surface area contributed by atoms with Crippen LogP contribution >= 0.6 is 0 Å². The summed E-state index contributed by atoms with van der Waals surface area (Å²) in [6.07, 6.45) is 0.606. The molecule has 0 fully saturated rings. The van der Waals surface area contributed by atoms with Crippen LogP contribution < -0.4 is 10.2 Å². The van der Waals surface area contributed by atoms with Crippen molar-refractivity contribution < 1.29 is 14.0 Å². The van der Waals surface area contributed by atoms with Crippen LogP contribution in [0.1, 0.15) is 27.3 Å². The third-order valence-corrected chi connectivity index (χ3v) is 5.17. The number of hydrogen-bond acceptors (Lipinski definition) is 2. The first kappa shape index (κ1) is 18.1. The van der Waals surface area contributed by atoms with Crippen molar-refractivity contribution in [1.29, 1.82) is 0 Å². The number of rotatable bonds is 5. The number of benzene rings is 2. The molecule has 6 heteroatoms. The van der Waals surface area contributed by atoms with E-state index in [1.807, 2.05) is 44.2 Å². The van der Waals surface area contributed by atoms with Crippen molar-refractivity contribution >= 4 is 27.7 Å². The van der Waals surface area contributed by atoms with Crippen LogP contribution in [0.4, 0.5) is 4.39 Å². The molecule has 0 aliphatic carbocycles. The molecule has 0 spiro atoms. The van der Waals surface area contributed by atoms with Gasteiger partial charge in [-0.05, 0) is 49.6 Å². The highest BCUT2D eigenvalue weighted by molar-refractivity contribution is 5.98. The van der Waals surface area contributed by atoms with Crippen LogP contribution in [0.5, 0.6) is 0 Å². The fourth-order valence-electron chi connectivity index (χ4n) is 3.83. The Kier molecular flexibility index (Phi) is 4.55. The molecule has 2 aromatic carbocycles. The molecule has 28 heavy (non-hydrogen) atoms. The fourth-order valence-corrected chi connectivity index (χ4v) is 3.83. The van der Waals surface area contributed by atoms with Gasteiger partial charge in [0.2, 0.25) is 0 Å². The van der Waals surface area contributed by atoms with Gasteiger partial charge in [0.05, 0.1) is 11.0 Å². The summed E-state index contributed by atoms with van der Waals surface area (Å²) in [6, 6.07) is 12.7. The first-order valence-electron chi connectivity index (χ1n) is 9.20. The molecule has 0 unspecified atom stereocenters. The number of carbonyl (C=O) groups excluding carboxylic acids is 1. The number of aromatic nitrogens is 2. The molecule has 0 saturated heterocycles. The maximum Gasteiger partial charge on any atom is 0.271 e. The molecule has 0 bridgehead atoms. The minimum absolute atomic E-state index is 0.210. The lowest BCUT2D eigenvalue weighted by Crippen LogP contribution is -2.29. The van der Waals surface area contributed by atoms with Crippen LogP contribution in [0.25, 0.3) is 21.8 Å². The van der Waals surface area contributed by atoms with Gasteiger partial charge in [0.1, 0.15) is 18.6 Å². The average Bonchev–Trinajstić information content (AvgIpc) is 3.23. The fraction of sp³-hybridized carbons (Fsp3) is 0.227. The van der Waals surface area contributed by atoms with E-state index >= 15 is 0 Å². The van der Waals surface area contributed by atoms with Crippen molar-refractivity contribution in [1.82, 2.24) is 15.0 Å². The number of halogens is 1. The zero-order valence-corrected chi connectivity index (χ0v) is 16.1. The standard InChI is InChI=1S/C22H22FN3O2/c1-13-8-9-17(23)21-20(13)16(14(2)25-21)10-11-24-22(27)19-12-15-6-4-5-7-18(15)26(19)28-3/h4-9,12,25H,10-11H2,1-3H3,(H,24,27). The van der Waals surface area contributed by atoms with E-state index in [9.17, 15) is 9.18 Å². The first-order chi connectivity index (χ1) is 13.5. The number of nitrogens with zero attached hydrogens (tertiary/aromatic N) is 1. The molecule has 2 heterocycles. The van der Waals surface area contributed by atoms with Crippen molar-refractivity contribution in [3.05, 3.63) is 70.8 Å². The van der Waals surface area contributed by atoms with Crippen LogP contribution in [-0.4, -0.2) is 29.3 Å². The predicted octanol–water partition coefficient (Wildman–Crippen LogP) is 3.91. The Morgan fingerprint density at radius 1 is 1.21 bits per heavy atom. The number of nitrogens with one attached hydrogen (secondary N) is 2. The second-order valence-electron chi connectivity index (χ2n) is 6.91. The molecule has 5 nitrogen and oxygen atoms in total. The normalized spacial score (nSPS) is 11.3. The highest BCUT2D eigenvalue weighted by Crippen LogP contribution is 2.28. The van der Waals surface area contributed by atoms with Gasteiger partial charge in [0.25, 0.3) is 5.91 Å². The number of aryl methyl sites for hydroxylation is 2. The Bertz CT molecular complexity index is 1190. The van der Waals surface area contributed by atoms with Gasteiger partial charge in [-0.3, -0.25) is 4.79 Å². The second kappa shape index (κ2) is 7.03. The summed E-state index contributed by atoms with van der Waals surface area (Å²) < 4.78 is 15.6. The van der Waals surface area contributed by atoms with Gasteiger partial charge in [-0.1, -0.05) is 24.3 Å². The number of hydrogen-bond donors (Lipinski definition) is 2. The molecule has 0 aliphatic heterocycles. The minimum atomic E-state index is -0.261. The topological polar surface area (TPSA) is 59.0 Å². The number of carbonyl (C=O) groups is 1. The van der Waals surface area contributed by atoms with E-state index < -0.39 is 0 Å². The monoisotopic (exact) mass is 379 g/mol. The molecular weight excluding hydrogens is 357 g/mol. The average molecular weight is 379 g/mol. The largest absolute Gasteiger partial charge is 0.416 e. The maximum absolute atomic E-state index is 14.1. The summed E-state index contributed by atoms with van der Waals surface area (Å²) in [4.78, 5) is 21.2. The Morgan fingerprint density at radius 3 is 2.79 bits per heavy atom. The molecule has 0 saturated carbocycles. The Hall–Kier alpha value is -3.28. The summed E-state index contributed by atoms with van der Waals surface area (Å²) in [5.74, 6) is -0.470. The third-order valence-electron chi connectivity index (χ3n) is 5.17. The van der Waals surface area contributed by atoms with Crippen LogP contribution in [0, 0.1) is 19.7 Å². The van der Waals surface area contributed by atoms with Crippen LogP contribution in [0.15, 0.2) is 42.5 Å². The molecular formula is C22H22FN3O2. The van der Waals surface area contributed by atoms with E-state index in [0.717, 1.165) is 33.1 Å². The van der Waals surface area contributed by atoms with Crippen LogP contribution in [-0.2, 0) is 6.42 Å². The maximum atomic E-state index is 14.1. The molecule has 4 rings (SSSR count). The highest BCUT2D eigenvalue weighted by atomic mass is 19.1. The highest BCUT2D eigenvalue weighted by Gasteiger charge is 2.17. The number of H-pyrrole nitrogens is 1. The predicted molar refractivity (Wildman–Crippen MR) is 108 cm³/mol. The Morgan fingerprint density at radius 2 is 2.00 bits per heavy atom. The number of aromatic amines is 1. The molecule has 2 N–H and O–H groups in total. The van der Waals surface area contributed by atoms with Crippen molar-refractivity contribution in [2.45, 2.75) is 20.3 Å². The van der Waals surface area contributed by atoms with Crippen LogP contribution in [0.2, 0.25) is 0 Å². The molecule has 2 aromatic heterocycles. The van der Waals surface area contributed by atoms with Gasteiger partial charge in [0.15, 0.2) is 0 Å². The Balaban J connectivity index is 1.55. The summed E-state index contributed by atoms with van der Waals surface area (Å²) in [7, 11) is 1.54. The molecule has 0 radical (unpaired) electrons. The van der Waals surface area contributed by atoms with E-state index in [-0.39, 0.29) is 11.7 Å². The number of para-hydroxylation sites is 1. The van der Waals surface area contributed by atoms with Crippen molar-refractivity contribution in [2.24, 2.45) is 0 Å². The summed E-state index contributed by atoms with van der Waals surface area (Å²) in [5.41, 5.74) is 4.78. The quantitative estimate of drug-likeness (QED) is 0.552. The lowest BCUT2D eigenvalue weighted by molar-refractivity contribution is 0.0904. The van der Waals surface area contributed by atoms with Gasteiger partial charge in [-0.15, -0.1) is 0 Å². The smallest absolute Gasteiger partial charge is 0.271 e. The van der Waals surface area contributed by atoms with Crippen LogP contribution in [0.3, 0.4) is 0 Å². The van der Waals surface area contributed by atoms with E-state index in [2.05, 4.69) is 10.3 Å². The van der Waals surface area contributed by atoms with Gasteiger partial charge in [-0.25, -0.2) is 4.39 Å². The van der Waals surface area contributed by atoms with E-state index in [4.69, 9.17) is 4.84 Å². The Labute approximate surface area is 162 Å². The third kappa shape index (κ3) is 2.91. The summed E-state index contributed by atoms with van der Waals surface area (Å²) in [6.45, 7) is 4.33. The summed E-state index contributed by atoms with van der Waals surface area (Å²) in [5, 5.41) is 4.79. The lowest BCUT2D eigenvalue weighted by Gasteiger charge is -2.09. The molecule has 4 aromatic rings. The van der Waals surface area contributed by atoms with Crippen molar-refractivity contribution in [3.63, 3.8) is 0 Å². The minimum Gasteiger partial charge on any atom is -0.416 e. The lowest BCUT2D eigenvalue weighted by atomic mass is 10.0. The van der Waals surface area contributed by atoms with Gasteiger partial charge < -0.3 is 15.1 Å². The molecule has 0 aliphatic rings.